The molecule has 0 aliphatic heterocycles. The van der Waals surface area contributed by atoms with E-state index >= 15 is 0 Å². The largest absolute Gasteiger partial charge is 0.436 e. The van der Waals surface area contributed by atoms with Gasteiger partial charge in [0.15, 0.2) is 5.58 Å². The van der Waals surface area contributed by atoms with Crippen LogP contribution in [0.3, 0.4) is 0 Å². The quantitative estimate of drug-likeness (QED) is 0.506. The molecule has 0 saturated carbocycles. The molecular formula is C13H7Cl3N2O. The molecule has 1 aromatic heterocycles. The van der Waals surface area contributed by atoms with E-state index in [2.05, 4.69) is 4.98 Å². The number of nitrogens with zero attached hydrogens (tertiary/aromatic N) is 1. The molecule has 0 aliphatic carbocycles. The summed E-state index contributed by atoms with van der Waals surface area (Å²) in [5.41, 5.74) is 8.29. The lowest BCUT2D eigenvalue weighted by Crippen LogP contribution is -1.81. The zero-order chi connectivity index (χ0) is 13.6. The SMILES string of the molecule is Nc1ccc2nc(-c3cc(Cl)c(Cl)c(Cl)c3)oc2c1. The van der Waals surface area contributed by atoms with Gasteiger partial charge in [0.2, 0.25) is 5.89 Å². The highest BCUT2D eigenvalue weighted by Gasteiger charge is 2.12. The third-order valence-corrected chi connectivity index (χ3v) is 3.84. The van der Waals surface area contributed by atoms with Gasteiger partial charge in [-0.3, -0.25) is 0 Å². The van der Waals surface area contributed by atoms with Gasteiger partial charge in [-0.15, -0.1) is 0 Å². The van der Waals surface area contributed by atoms with Crippen LogP contribution in [-0.2, 0) is 0 Å². The molecule has 0 radical (unpaired) electrons. The van der Waals surface area contributed by atoms with Gasteiger partial charge in [-0.2, -0.15) is 0 Å². The number of nitrogens with two attached hydrogens (primary N) is 1. The van der Waals surface area contributed by atoms with Gasteiger partial charge in [0.1, 0.15) is 5.52 Å². The second-order valence-electron chi connectivity index (χ2n) is 4.00. The van der Waals surface area contributed by atoms with E-state index in [4.69, 9.17) is 45.0 Å². The molecule has 0 spiro atoms. The Morgan fingerprint density at radius 3 is 2.37 bits per heavy atom. The number of oxazole rings is 1. The van der Waals surface area contributed by atoms with E-state index in [1.807, 2.05) is 0 Å². The van der Waals surface area contributed by atoms with Crippen molar-refractivity contribution in [1.29, 1.82) is 0 Å². The van der Waals surface area contributed by atoms with E-state index < -0.39 is 0 Å². The predicted octanol–water partition coefficient (Wildman–Crippen LogP) is 5.04. The summed E-state index contributed by atoms with van der Waals surface area (Å²) in [5.74, 6) is 0.418. The fourth-order valence-corrected chi connectivity index (χ4v) is 2.34. The van der Waals surface area contributed by atoms with Gasteiger partial charge in [0, 0.05) is 17.3 Å². The molecule has 0 fully saturated rings. The molecule has 1 heterocycles. The van der Waals surface area contributed by atoms with Crippen LogP contribution in [0.4, 0.5) is 5.69 Å². The van der Waals surface area contributed by atoms with Gasteiger partial charge >= 0.3 is 0 Å². The molecule has 6 heteroatoms. The molecular weight excluding hydrogens is 307 g/mol. The maximum absolute atomic E-state index is 5.99. The Bertz CT molecular complexity index is 760. The Morgan fingerprint density at radius 1 is 1.00 bits per heavy atom. The standard InChI is InChI=1S/C13H7Cl3N2O/c14-8-3-6(4-9(15)12(8)16)13-18-10-2-1-7(17)5-11(10)19-13/h1-5H,17H2. The lowest BCUT2D eigenvalue weighted by atomic mass is 10.2. The number of aromatic nitrogens is 1. The monoisotopic (exact) mass is 312 g/mol. The molecule has 3 nitrogen and oxygen atoms in total. The highest BCUT2D eigenvalue weighted by molar-refractivity contribution is 6.48. The molecule has 0 atom stereocenters. The minimum Gasteiger partial charge on any atom is -0.436 e. The average Bonchev–Trinajstić information content (AvgIpc) is 2.78. The van der Waals surface area contributed by atoms with E-state index in [9.17, 15) is 0 Å². The van der Waals surface area contributed by atoms with Crippen LogP contribution in [0.5, 0.6) is 0 Å². The molecule has 3 aromatic rings. The van der Waals surface area contributed by atoms with Gasteiger partial charge in [-0.1, -0.05) is 34.8 Å². The van der Waals surface area contributed by atoms with Crippen LogP contribution < -0.4 is 5.73 Å². The first-order chi connectivity index (χ1) is 9.04. The number of hydrogen-bond acceptors (Lipinski definition) is 3. The Balaban J connectivity index is 2.19. The summed E-state index contributed by atoms with van der Waals surface area (Å²) in [4.78, 5) is 4.35. The van der Waals surface area contributed by atoms with Gasteiger partial charge in [-0.25, -0.2) is 4.98 Å². The number of benzene rings is 2. The number of fused-ring (bicyclic) bond motifs is 1. The molecule has 2 N–H and O–H groups in total. The molecule has 0 bridgehead atoms. The van der Waals surface area contributed by atoms with Gasteiger partial charge in [-0.05, 0) is 24.3 Å². The lowest BCUT2D eigenvalue weighted by molar-refractivity contribution is 0.620. The Hall–Kier alpha value is -1.42. The maximum Gasteiger partial charge on any atom is 0.227 e. The van der Waals surface area contributed by atoms with Crippen LogP contribution in [-0.4, -0.2) is 4.98 Å². The van der Waals surface area contributed by atoms with Gasteiger partial charge in [0.25, 0.3) is 0 Å². The Morgan fingerprint density at radius 2 is 1.68 bits per heavy atom. The number of halogens is 3. The van der Waals surface area contributed by atoms with Crippen LogP contribution in [0.1, 0.15) is 0 Å². The predicted molar refractivity (Wildman–Crippen MR) is 78.9 cm³/mol. The fourth-order valence-electron chi connectivity index (χ4n) is 1.74. The summed E-state index contributed by atoms with van der Waals surface area (Å²) in [6, 6.07) is 8.58. The van der Waals surface area contributed by atoms with Gasteiger partial charge in [0.05, 0.1) is 15.1 Å². The summed E-state index contributed by atoms with van der Waals surface area (Å²) in [6.45, 7) is 0. The number of rotatable bonds is 1. The van der Waals surface area contributed by atoms with Crippen molar-refractivity contribution < 1.29 is 4.42 Å². The van der Waals surface area contributed by atoms with Crippen LogP contribution in [0.15, 0.2) is 34.7 Å². The van der Waals surface area contributed by atoms with E-state index in [0.717, 1.165) is 0 Å². The first-order valence-electron chi connectivity index (χ1n) is 5.35. The average molecular weight is 314 g/mol. The molecule has 3 rings (SSSR count). The first-order valence-corrected chi connectivity index (χ1v) is 6.49. The Kier molecular flexibility index (Phi) is 3.05. The third kappa shape index (κ3) is 2.25. The zero-order valence-electron chi connectivity index (χ0n) is 9.45. The second-order valence-corrected chi connectivity index (χ2v) is 5.19. The van der Waals surface area contributed by atoms with E-state index in [-0.39, 0.29) is 0 Å². The number of hydrogen-bond donors (Lipinski definition) is 1. The molecule has 0 amide bonds. The van der Waals surface area contributed by atoms with Crippen molar-refractivity contribution in [3.05, 3.63) is 45.4 Å². The van der Waals surface area contributed by atoms with Crippen molar-refractivity contribution in [3.63, 3.8) is 0 Å². The summed E-state index contributed by atoms with van der Waals surface area (Å²) < 4.78 is 5.63. The van der Waals surface area contributed by atoms with Crippen molar-refractivity contribution in [3.8, 4) is 11.5 Å². The third-order valence-electron chi connectivity index (χ3n) is 2.64. The van der Waals surface area contributed by atoms with Crippen LogP contribution in [0, 0.1) is 0 Å². The highest BCUT2D eigenvalue weighted by atomic mass is 35.5. The molecule has 0 unspecified atom stereocenters. The van der Waals surface area contributed by atoms with Crippen LogP contribution in [0.2, 0.25) is 15.1 Å². The fraction of sp³-hybridized carbons (Fsp3) is 0. The molecule has 96 valence electrons. The maximum atomic E-state index is 5.99. The smallest absolute Gasteiger partial charge is 0.227 e. The highest BCUT2D eigenvalue weighted by Crippen LogP contribution is 2.35. The minimum absolute atomic E-state index is 0.312. The van der Waals surface area contributed by atoms with Crippen LogP contribution in [0.25, 0.3) is 22.6 Å². The summed E-state index contributed by atoms with van der Waals surface area (Å²) in [7, 11) is 0. The number of nitrogen functional groups attached to an aromatic ring is 1. The molecule has 19 heavy (non-hydrogen) atoms. The van der Waals surface area contributed by atoms with Crippen molar-refractivity contribution in [2.75, 3.05) is 5.73 Å². The number of anilines is 1. The van der Waals surface area contributed by atoms with Crippen molar-refractivity contribution in [1.82, 2.24) is 4.98 Å². The molecule has 0 saturated heterocycles. The van der Waals surface area contributed by atoms with Gasteiger partial charge < -0.3 is 10.2 Å². The van der Waals surface area contributed by atoms with Crippen molar-refractivity contribution >= 4 is 51.6 Å². The summed E-state index contributed by atoms with van der Waals surface area (Å²) in [5, 5.41) is 1.02. The second kappa shape index (κ2) is 4.60. The van der Waals surface area contributed by atoms with E-state index in [1.165, 1.54) is 0 Å². The first kappa shape index (κ1) is 12.6. The normalized spacial score (nSPS) is 11.1. The minimum atomic E-state index is 0.312. The molecule has 2 aromatic carbocycles. The van der Waals surface area contributed by atoms with Crippen molar-refractivity contribution in [2.45, 2.75) is 0 Å². The van der Waals surface area contributed by atoms with Crippen molar-refractivity contribution in [2.24, 2.45) is 0 Å². The Labute approximate surface area is 123 Å². The zero-order valence-corrected chi connectivity index (χ0v) is 11.7. The lowest BCUT2D eigenvalue weighted by Gasteiger charge is -2.01. The molecule has 0 aliphatic rings. The summed E-state index contributed by atoms with van der Waals surface area (Å²) in [6.07, 6.45) is 0. The summed E-state index contributed by atoms with van der Waals surface area (Å²) >= 11 is 17.9. The topological polar surface area (TPSA) is 52.0 Å². The van der Waals surface area contributed by atoms with Crippen LogP contribution >= 0.6 is 34.8 Å². The van der Waals surface area contributed by atoms with E-state index in [0.29, 0.717) is 43.3 Å². The van der Waals surface area contributed by atoms with E-state index in [1.54, 1.807) is 30.3 Å².